The third-order valence-electron chi connectivity index (χ3n) is 4.38. The fourth-order valence-corrected chi connectivity index (χ4v) is 4.33. The number of ether oxygens (including phenoxy) is 1. The first-order chi connectivity index (χ1) is 11.4. The highest BCUT2D eigenvalue weighted by atomic mass is 32.2. The second-order valence-electron chi connectivity index (χ2n) is 6.27. The third-order valence-corrected chi connectivity index (χ3v) is 6.02. The van der Waals surface area contributed by atoms with Gasteiger partial charge in [0.15, 0.2) is 0 Å². The molecule has 0 aromatic carbocycles. The Morgan fingerprint density at radius 2 is 2.08 bits per heavy atom. The minimum atomic E-state index is -3.44. The van der Waals surface area contributed by atoms with Gasteiger partial charge in [0.2, 0.25) is 5.95 Å². The van der Waals surface area contributed by atoms with E-state index in [-0.39, 0.29) is 12.1 Å². The van der Waals surface area contributed by atoms with Gasteiger partial charge in [-0.25, -0.2) is 4.98 Å². The van der Waals surface area contributed by atoms with Crippen LogP contribution in [-0.4, -0.2) is 82.2 Å². The third kappa shape index (κ3) is 3.46. The molecule has 0 unspecified atom stereocenters. The molecule has 2 saturated heterocycles. The van der Waals surface area contributed by atoms with Gasteiger partial charge in [-0.2, -0.15) is 22.4 Å². The number of hydrogen-bond acceptors (Lipinski definition) is 7. The molecule has 0 spiro atoms. The number of methoxy groups -OCH3 is 1. The van der Waals surface area contributed by atoms with Crippen molar-refractivity contribution in [3.8, 4) is 0 Å². The molecule has 1 aromatic heterocycles. The minimum absolute atomic E-state index is 0.223. The van der Waals surface area contributed by atoms with Gasteiger partial charge in [-0.05, 0) is 12.5 Å². The summed E-state index contributed by atoms with van der Waals surface area (Å²) in [5.41, 5.74) is 0. The Hall–Kier alpha value is -1.49. The smallest absolute Gasteiger partial charge is 0.279 e. The first-order valence-corrected chi connectivity index (χ1v) is 9.40. The minimum Gasteiger partial charge on any atom is -0.378 e. The number of nitrogens with one attached hydrogen (secondary N) is 1. The van der Waals surface area contributed by atoms with Gasteiger partial charge in [0, 0.05) is 53.6 Å². The molecule has 0 radical (unpaired) electrons. The maximum atomic E-state index is 12.3. The molecule has 24 heavy (non-hydrogen) atoms. The lowest BCUT2D eigenvalue weighted by Crippen LogP contribution is -2.53. The van der Waals surface area contributed by atoms with Crippen molar-refractivity contribution in [2.75, 3.05) is 57.2 Å². The predicted molar refractivity (Wildman–Crippen MR) is 91.4 cm³/mol. The molecule has 0 bridgehead atoms. The van der Waals surface area contributed by atoms with Crippen LogP contribution >= 0.6 is 0 Å². The van der Waals surface area contributed by atoms with Crippen molar-refractivity contribution in [3.63, 3.8) is 0 Å². The molecule has 2 atom stereocenters. The van der Waals surface area contributed by atoms with Crippen molar-refractivity contribution in [2.24, 2.45) is 0 Å². The molecular weight excluding hydrogens is 332 g/mol. The van der Waals surface area contributed by atoms with Crippen LogP contribution in [0.5, 0.6) is 0 Å². The highest BCUT2D eigenvalue weighted by Gasteiger charge is 2.38. The summed E-state index contributed by atoms with van der Waals surface area (Å²) in [5.74, 6) is 1.38. The number of hydrogen-bond donors (Lipinski definition) is 1. The second kappa shape index (κ2) is 6.79. The Kier molecular flexibility index (Phi) is 4.90. The Morgan fingerprint density at radius 1 is 1.33 bits per heavy atom. The molecule has 2 fully saturated rings. The van der Waals surface area contributed by atoms with Crippen LogP contribution < -0.4 is 14.5 Å². The van der Waals surface area contributed by atoms with Gasteiger partial charge in [0.25, 0.3) is 10.2 Å². The summed E-state index contributed by atoms with van der Waals surface area (Å²) >= 11 is 0. The molecule has 1 N–H and O–H groups in total. The van der Waals surface area contributed by atoms with E-state index in [9.17, 15) is 8.42 Å². The Labute approximate surface area is 142 Å². The van der Waals surface area contributed by atoms with Gasteiger partial charge < -0.3 is 14.5 Å². The summed E-state index contributed by atoms with van der Waals surface area (Å²) < 4.78 is 34.4. The van der Waals surface area contributed by atoms with Gasteiger partial charge in [0.05, 0.1) is 12.1 Å². The number of anilines is 2. The summed E-state index contributed by atoms with van der Waals surface area (Å²) in [7, 11) is 1.92. The zero-order valence-corrected chi connectivity index (χ0v) is 15.0. The first kappa shape index (κ1) is 17.3. The van der Waals surface area contributed by atoms with Crippen molar-refractivity contribution in [1.82, 2.24) is 19.0 Å². The second-order valence-corrected chi connectivity index (χ2v) is 7.97. The maximum absolute atomic E-state index is 12.3. The number of aromatic nitrogens is 2. The van der Waals surface area contributed by atoms with E-state index < -0.39 is 10.2 Å². The van der Waals surface area contributed by atoms with Crippen LogP contribution in [0.25, 0.3) is 0 Å². The molecular formula is C14H24N6O3S. The molecule has 134 valence electrons. The van der Waals surface area contributed by atoms with E-state index in [2.05, 4.69) is 14.7 Å². The van der Waals surface area contributed by atoms with E-state index in [1.165, 1.54) is 4.31 Å². The van der Waals surface area contributed by atoms with Crippen LogP contribution in [0.3, 0.4) is 0 Å². The van der Waals surface area contributed by atoms with Gasteiger partial charge >= 0.3 is 0 Å². The van der Waals surface area contributed by atoms with Gasteiger partial charge in [0.1, 0.15) is 5.82 Å². The van der Waals surface area contributed by atoms with E-state index in [0.717, 1.165) is 12.2 Å². The monoisotopic (exact) mass is 356 g/mol. The molecule has 0 saturated carbocycles. The zero-order chi connectivity index (χ0) is 17.3. The lowest BCUT2D eigenvalue weighted by Gasteiger charge is -2.31. The van der Waals surface area contributed by atoms with Crippen molar-refractivity contribution in [2.45, 2.75) is 18.6 Å². The lowest BCUT2D eigenvalue weighted by molar-refractivity contribution is 0.103. The SMILES string of the molecule is CO[C@@H]1CN(c2ccnc(N(C)C)n2)C[C@@H]1NS(=O)(=O)N1CCC1. The Bertz CT molecular complexity index is 679. The van der Waals surface area contributed by atoms with Crippen molar-refractivity contribution < 1.29 is 13.2 Å². The van der Waals surface area contributed by atoms with E-state index in [0.29, 0.717) is 32.1 Å². The Balaban J connectivity index is 1.73. The van der Waals surface area contributed by atoms with Crippen LogP contribution in [0.1, 0.15) is 6.42 Å². The predicted octanol–water partition coefficient (Wildman–Crippen LogP) is -0.714. The summed E-state index contributed by atoms with van der Waals surface area (Å²) in [5, 5.41) is 0. The van der Waals surface area contributed by atoms with E-state index in [4.69, 9.17) is 4.74 Å². The van der Waals surface area contributed by atoms with Crippen molar-refractivity contribution >= 4 is 22.0 Å². The average molecular weight is 356 g/mol. The lowest BCUT2D eigenvalue weighted by atomic mass is 10.2. The van der Waals surface area contributed by atoms with E-state index >= 15 is 0 Å². The normalized spacial score (nSPS) is 24.9. The van der Waals surface area contributed by atoms with Crippen LogP contribution in [0.2, 0.25) is 0 Å². The van der Waals surface area contributed by atoms with Crippen LogP contribution in [-0.2, 0) is 14.9 Å². The van der Waals surface area contributed by atoms with E-state index in [1.54, 1.807) is 13.3 Å². The maximum Gasteiger partial charge on any atom is 0.279 e. The standard InChI is InChI=1S/C14H24N6O3S/c1-18(2)14-15-6-5-13(16-14)19-9-11(12(10-19)23-3)17-24(21,22)20-7-4-8-20/h5-6,11-12,17H,4,7-10H2,1-3H3/t11-,12+/m0/s1. The van der Waals surface area contributed by atoms with Crippen LogP contribution in [0.15, 0.2) is 12.3 Å². The first-order valence-electron chi connectivity index (χ1n) is 7.96. The summed E-state index contributed by atoms with van der Waals surface area (Å²) in [6.07, 6.45) is 2.40. The fourth-order valence-electron chi connectivity index (χ4n) is 2.84. The summed E-state index contributed by atoms with van der Waals surface area (Å²) in [4.78, 5) is 12.6. The van der Waals surface area contributed by atoms with Crippen LogP contribution in [0.4, 0.5) is 11.8 Å². The number of nitrogens with zero attached hydrogens (tertiary/aromatic N) is 5. The zero-order valence-electron chi connectivity index (χ0n) is 14.2. The van der Waals surface area contributed by atoms with Gasteiger partial charge in [-0.1, -0.05) is 0 Å². The quantitative estimate of drug-likeness (QED) is 0.720. The average Bonchev–Trinajstić information content (AvgIpc) is 2.87. The molecule has 0 aliphatic carbocycles. The molecule has 0 amide bonds. The van der Waals surface area contributed by atoms with Gasteiger partial charge in [-0.3, -0.25) is 0 Å². The topological polar surface area (TPSA) is 90.9 Å². The summed E-state index contributed by atoms with van der Waals surface area (Å²) in [6.45, 7) is 2.26. The molecule has 9 nitrogen and oxygen atoms in total. The van der Waals surface area contributed by atoms with E-state index in [1.807, 2.05) is 30.0 Å². The fraction of sp³-hybridized carbons (Fsp3) is 0.714. The molecule has 3 heterocycles. The molecule has 2 aliphatic rings. The highest BCUT2D eigenvalue weighted by Crippen LogP contribution is 2.22. The molecule has 1 aromatic rings. The molecule has 3 rings (SSSR count). The number of rotatable bonds is 6. The molecule has 10 heteroatoms. The van der Waals surface area contributed by atoms with Crippen molar-refractivity contribution in [1.29, 1.82) is 0 Å². The summed E-state index contributed by atoms with van der Waals surface area (Å²) in [6, 6.07) is 1.52. The van der Waals surface area contributed by atoms with Crippen LogP contribution in [0, 0.1) is 0 Å². The highest BCUT2D eigenvalue weighted by molar-refractivity contribution is 7.87. The Morgan fingerprint density at radius 3 is 2.67 bits per heavy atom. The largest absolute Gasteiger partial charge is 0.378 e. The van der Waals surface area contributed by atoms with Gasteiger partial charge in [-0.15, -0.1) is 0 Å². The molecule has 2 aliphatic heterocycles. The van der Waals surface area contributed by atoms with Crippen molar-refractivity contribution in [3.05, 3.63) is 12.3 Å².